The van der Waals surface area contributed by atoms with E-state index in [4.69, 9.17) is 0 Å². The highest BCUT2D eigenvalue weighted by Crippen LogP contribution is 2.42. The third-order valence-corrected chi connectivity index (χ3v) is 7.68. The summed E-state index contributed by atoms with van der Waals surface area (Å²) in [5.41, 5.74) is 2.38. The molecule has 0 spiro atoms. The van der Waals surface area contributed by atoms with Crippen molar-refractivity contribution in [3.05, 3.63) is 113 Å². The Kier molecular flexibility index (Phi) is 6.52. The summed E-state index contributed by atoms with van der Waals surface area (Å²) in [5.74, 6) is -2.79. The van der Waals surface area contributed by atoms with E-state index in [0.717, 1.165) is 11.1 Å². The number of amides is 2. The smallest absolute Gasteiger partial charge is 0.352 e. The molecule has 3 aromatic rings. The number of carboxylic acids is 1. The second kappa shape index (κ2) is 9.91. The number of phenols is 1. The number of thioether (sulfide) groups is 1. The Hall–Kier alpha value is -4.04. The van der Waals surface area contributed by atoms with E-state index in [-0.39, 0.29) is 41.0 Å². The van der Waals surface area contributed by atoms with E-state index in [1.54, 1.807) is 18.2 Å². The fraction of sp³-hybridized carbons (Fsp3) is 0.179. The lowest BCUT2D eigenvalue weighted by Gasteiger charge is -2.44. The third-order valence-electron chi connectivity index (χ3n) is 6.44. The number of phenolic OH excluding ortho intramolecular Hbond substituents is 1. The molecule has 5 rings (SSSR count). The molecule has 1 fully saturated rings. The summed E-state index contributed by atoms with van der Waals surface area (Å²) < 4.78 is 0. The molecule has 8 heteroatoms. The molecule has 0 radical (unpaired) electrons. The number of carbonyl (C=O) groups excluding carboxylic acids is 2. The number of benzene rings is 3. The molecule has 3 atom stereocenters. The predicted octanol–water partition coefficient (Wildman–Crippen LogP) is 4.02. The van der Waals surface area contributed by atoms with Crippen molar-refractivity contribution in [3.8, 4) is 5.75 Å². The van der Waals surface area contributed by atoms with Gasteiger partial charge in [0.15, 0.2) is 0 Å². The number of β-lactam (4-membered cyclic amide) rings is 1. The molecule has 0 bridgehead atoms. The summed E-state index contributed by atoms with van der Waals surface area (Å²) >= 11 is 1.34. The number of rotatable bonds is 7. The normalized spacial score (nSPS) is 19.6. The van der Waals surface area contributed by atoms with Gasteiger partial charge in [0.05, 0.1) is 23.1 Å². The molecule has 2 aliphatic rings. The Bertz CT molecular complexity index is 1290. The molecular formula is C28H24N2O5S. The lowest BCUT2D eigenvalue weighted by molar-refractivity contribution is -0.146. The van der Waals surface area contributed by atoms with Crippen LogP contribution in [0.4, 0.5) is 0 Å². The second-order valence-electron chi connectivity index (χ2n) is 8.72. The molecule has 182 valence electrons. The van der Waals surface area contributed by atoms with Crippen molar-refractivity contribution in [1.82, 2.24) is 10.2 Å². The average Bonchev–Trinajstić information content (AvgIpc) is 2.87. The SMILES string of the molecule is O=C(O)C1=CC(NC(=O)C(c2cccc(O)c2)C(c2ccccc2)c2ccccc2)S[C@@H]2CC(=O)N12. The summed E-state index contributed by atoms with van der Waals surface area (Å²) in [6.45, 7) is 0. The third kappa shape index (κ3) is 4.59. The lowest BCUT2D eigenvalue weighted by Crippen LogP contribution is -2.56. The van der Waals surface area contributed by atoms with Gasteiger partial charge in [-0.1, -0.05) is 72.8 Å². The van der Waals surface area contributed by atoms with Crippen LogP contribution in [0, 0.1) is 0 Å². The first kappa shape index (κ1) is 23.7. The van der Waals surface area contributed by atoms with Gasteiger partial charge in [-0.2, -0.15) is 0 Å². The monoisotopic (exact) mass is 500 g/mol. The van der Waals surface area contributed by atoms with Gasteiger partial charge in [0.1, 0.15) is 11.4 Å². The zero-order chi connectivity index (χ0) is 25.2. The quantitative estimate of drug-likeness (QED) is 0.423. The van der Waals surface area contributed by atoms with Gasteiger partial charge in [0.25, 0.3) is 0 Å². The number of carboxylic acid groups (broad SMARTS) is 1. The van der Waals surface area contributed by atoms with Gasteiger partial charge in [-0.15, -0.1) is 11.8 Å². The van der Waals surface area contributed by atoms with Crippen LogP contribution in [-0.2, 0) is 14.4 Å². The number of aliphatic carboxylic acids is 1. The number of nitrogens with one attached hydrogen (secondary N) is 1. The van der Waals surface area contributed by atoms with Gasteiger partial charge in [0.2, 0.25) is 11.8 Å². The Morgan fingerprint density at radius 1 is 0.917 bits per heavy atom. The maximum absolute atomic E-state index is 14.0. The van der Waals surface area contributed by atoms with Crippen molar-refractivity contribution in [1.29, 1.82) is 0 Å². The largest absolute Gasteiger partial charge is 0.508 e. The van der Waals surface area contributed by atoms with Gasteiger partial charge >= 0.3 is 5.97 Å². The van der Waals surface area contributed by atoms with Crippen molar-refractivity contribution in [2.45, 2.75) is 29.0 Å². The average molecular weight is 501 g/mol. The second-order valence-corrected chi connectivity index (χ2v) is 10.0. The standard InChI is InChI=1S/C28H24N2O5S/c31-20-13-7-12-19(14-20)26(25(17-8-3-1-4-9-17)18-10-5-2-6-11-18)27(33)29-22-15-21(28(34)35)30-23(32)16-24(30)36-22/h1-15,22,24-26,31H,16H2,(H,29,33)(H,34,35)/t22?,24-,26?/m1/s1. The van der Waals surface area contributed by atoms with Crippen LogP contribution in [0.2, 0.25) is 0 Å². The molecule has 7 nitrogen and oxygen atoms in total. The van der Waals surface area contributed by atoms with E-state index in [9.17, 15) is 24.6 Å². The topological polar surface area (TPSA) is 107 Å². The summed E-state index contributed by atoms with van der Waals surface area (Å²) in [6.07, 6.45) is 1.65. The molecule has 0 saturated carbocycles. The Morgan fingerprint density at radius 2 is 1.53 bits per heavy atom. The summed E-state index contributed by atoms with van der Waals surface area (Å²) in [6, 6.07) is 26.0. The lowest BCUT2D eigenvalue weighted by atomic mass is 9.76. The van der Waals surface area contributed by atoms with Crippen molar-refractivity contribution >= 4 is 29.5 Å². The van der Waals surface area contributed by atoms with Crippen LogP contribution in [0.15, 0.2) is 96.7 Å². The minimum absolute atomic E-state index is 0.0499. The Labute approximate surface area is 212 Å². The summed E-state index contributed by atoms with van der Waals surface area (Å²) in [4.78, 5) is 39.0. The molecule has 0 aliphatic carbocycles. The van der Waals surface area contributed by atoms with Gasteiger partial charge in [0, 0.05) is 5.92 Å². The fourth-order valence-electron chi connectivity index (χ4n) is 4.81. The van der Waals surface area contributed by atoms with Crippen molar-refractivity contribution in [2.24, 2.45) is 0 Å². The van der Waals surface area contributed by atoms with Crippen LogP contribution in [0.3, 0.4) is 0 Å². The van der Waals surface area contributed by atoms with E-state index in [1.165, 1.54) is 22.7 Å². The number of fused-ring (bicyclic) bond motifs is 1. The minimum atomic E-state index is -1.21. The number of aromatic hydroxyl groups is 1. The fourth-order valence-corrected chi connectivity index (χ4v) is 6.13. The van der Waals surface area contributed by atoms with E-state index in [2.05, 4.69) is 5.32 Å². The number of hydrogen-bond donors (Lipinski definition) is 3. The maximum Gasteiger partial charge on any atom is 0.352 e. The maximum atomic E-state index is 14.0. The summed E-state index contributed by atoms with van der Waals surface area (Å²) in [7, 11) is 0. The van der Waals surface area contributed by atoms with Crippen LogP contribution in [0.1, 0.15) is 34.9 Å². The van der Waals surface area contributed by atoms with Gasteiger partial charge in [-0.3, -0.25) is 14.5 Å². The predicted molar refractivity (Wildman–Crippen MR) is 136 cm³/mol. The van der Waals surface area contributed by atoms with Crippen LogP contribution < -0.4 is 5.32 Å². The number of hydrogen-bond acceptors (Lipinski definition) is 5. The zero-order valence-electron chi connectivity index (χ0n) is 19.2. The molecule has 0 aromatic heterocycles. The highest BCUT2D eigenvalue weighted by molar-refractivity contribution is 8.00. The molecule has 36 heavy (non-hydrogen) atoms. The number of nitrogens with zero attached hydrogens (tertiary/aromatic N) is 1. The molecule has 2 heterocycles. The first-order valence-corrected chi connectivity index (χ1v) is 12.5. The van der Waals surface area contributed by atoms with Crippen molar-refractivity contribution < 1.29 is 24.6 Å². The molecule has 2 unspecified atom stereocenters. The number of carbonyl (C=O) groups is 3. The van der Waals surface area contributed by atoms with Gasteiger partial charge in [-0.25, -0.2) is 4.79 Å². The minimum Gasteiger partial charge on any atom is -0.508 e. The molecular weight excluding hydrogens is 476 g/mol. The Balaban J connectivity index is 1.55. The van der Waals surface area contributed by atoms with E-state index in [0.29, 0.717) is 5.56 Å². The van der Waals surface area contributed by atoms with Crippen molar-refractivity contribution in [2.75, 3.05) is 0 Å². The van der Waals surface area contributed by atoms with E-state index < -0.39 is 17.3 Å². The first-order chi connectivity index (χ1) is 17.4. The van der Waals surface area contributed by atoms with E-state index in [1.807, 2.05) is 66.7 Å². The van der Waals surface area contributed by atoms with Crippen LogP contribution in [-0.4, -0.2) is 43.6 Å². The first-order valence-electron chi connectivity index (χ1n) is 11.5. The molecule has 2 aliphatic heterocycles. The highest BCUT2D eigenvalue weighted by atomic mass is 32.2. The molecule has 3 N–H and O–H groups in total. The van der Waals surface area contributed by atoms with Gasteiger partial charge < -0.3 is 15.5 Å². The highest BCUT2D eigenvalue weighted by Gasteiger charge is 2.46. The molecule has 1 saturated heterocycles. The van der Waals surface area contributed by atoms with E-state index >= 15 is 0 Å². The summed E-state index contributed by atoms with van der Waals surface area (Å²) in [5, 5.41) is 21.9. The van der Waals surface area contributed by atoms with Crippen LogP contribution >= 0.6 is 11.8 Å². The van der Waals surface area contributed by atoms with Crippen LogP contribution in [0.25, 0.3) is 0 Å². The Morgan fingerprint density at radius 3 is 2.08 bits per heavy atom. The zero-order valence-corrected chi connectivity index (χ0v) is 20.0. The van der Waals surface area contributed by atoms with Gasteiger partial charge in [-0.05, 0) is 34.9 Å². The van der Waals surface area contributed by atoms with Crippen molar-refractivity contribution in [3.63, 3.8) is 0 Å². The van der Waals surface area contributed by atoms with Crippen LogP contribution in [0.5, 0.6) is 5.75 Å². The molecule has 3 aromatic carbocycles. The molecule has 2 amide bonds.